The Morgan fingerprint density at radius 2 is 1.88 bits per heavy atom. The molecule has 2 nitrogen and oxygen atoms in total. The standard InChI is InChI=1S/C10H10ClF3N2S/c11-9-15-7(10(12,13)14)5-8(16-9)17-6-3-1-2-4-6/h5-6H,1-4H2. The summed E-state index contributed by atoms with van der Waals surface area (Å²) in [5.41, 5.74) is -0.974. The molecule has 0 spiro atoms. The molecule has 2 rings (SSSR count). The maximum absolute atomic E-state index is 12.5. The van der Waals surface area contributed by atoms with E-state index in [0.717, 1.165) is 31.7 Å². The first-order valence-electron chi connectivity index (χ1n) is 5.23. The topological polar surface area (TPSA) is 25.8 Å². The summed E-state index contributed by atoms with van der Waals surface area (Å²) in [6, 6.07) is 0.967. The zero-order chi connectivity index (χ0) is 12.5. The lowest BCUT2D eigenvalue weighted by Crippen LogP contribution is -2.09. The van der Waals surface area contributed by atoms with Gasteiger partial charge in [0.2, 0.25) is 5.28 Å². The molecule has 0 unspecified atom stereocenters. The van der Waals surface area contributed by atoms with E-state index in [1.54, 1.807) is 0 Å². The van der Waals surface area contributed by atoms with Crippen molar-refractivity contribution in [2.24, 2.45) is 0 Å². The van der Waals surface area contributed by atoms with Gasteiger partial charge in [0.15, 0.2) is 5.69 Å². The van der Waals surface area contributed by atoms with E-state index in [-0.39, 0.29) is 5.28 Å². The number of thioether (sulfide) groups is 1. The molecular formula is C10H10ClF3N2S. The molecule has 0 bridgehead atoms. The molecular weight excluding hydrogens is 273 g/mol. The van der Waals surface area contributed by atoms with Crippen molar-refractivity contribution in [2.45, 2.75) is 42.1 Å². The largest absolute Gasteiger partial charge is 0.433 e. The fourth-order valence-electron chi connectivity index (χ4n) is 1.78. The maximum Gasteiger partial charge on any atom is 0.433 e. The highest BCUT2D eigenvalue weighted by atomic mass is 35.5. The van der Waals surface area contributed by atoms with E-state index in [9.17, 15) is 13.2 Å². The zero-order valence-corrected chi connectivity index (χ0v) is 10.4. The van der Waals surface area contributed by atoms with Crippen molar-refractivity contribution in [1.29, 1.82) is 0 Å². The van der Waals surface area contributed by atoms with Gasteiger partial charge in [0.05, 0.1) is 0 Å². The predicted octanol–water partition coefficient (Wildman–Crippen LogP) is 4.18. The molecule has 0 saturated heterocycles. The third-order valence-electron chi connectivity index (χ3n) is 2.56. The molecule has 1 aliphatic rings. The molecule has 94 valence electrons. The Bertz CT molecular complexity index is 405. The molecule has 0 N–H and O–H groups in total. The van der Waals surface area contributed by atoms with Gasteiger partial charge >= 0.3 is 6.18 Å². The summed E-state index contributed by atoms with van der Waals surface area (Å²) in [7, 11) is 0. The van der Waals surface area contributed by atoms with Gasteiger partial charge in [-0.1, -0.05) is 12.8 Å². The molecule has 1 fully saturated rings. The fourth-order valence-corrected chi connectivity index (χ4v) is 3.24. The van der Waals surface area contributed by atoms with Crippen molar-refractivity contribution in [3.63, 3.8) is 0 Å². The number of hydrogen-bond acceptors (Lipinski definition) is 3. The van der Waals surface area contributed by atoms with Gasteiger partial charge in [0.25, 0.3) is 0 Å². The summed E-state index contributed by atoms with van der Waals surface area (Å²) in [6.45, 7) is 0. The summed E-state index contributed by atoms with van der Waals surface area (Å²) >= 11 is 6.87. The number of rotatable bonds is 2. The summed E-state index contributed by atoms with van der Waals surface area (Å²) in [5, 5.41) is 0.312. The smallest absolute Gasteiger partial charge is 0.213 e. The van der Waals surface area contributed by atoms with Crippen molar-refractivity contribution in [1.82, 2.24) is 9.97 Å². The van der Waals surface area contributed by atoms with E-state index in [1.165, 1.54) is 11.8 Å². The molecule has 1 heterocycles. The first kappa shape index (κ1) is 13.0. The van der Waals surface area contributed by atoms with Crippen LogP contribution in [0.4, 0.5) is 13.2 Å². The van der Waals surface area contributed by atoms with E-state index in [1.807, 2.05) is 0 Å². The average Bonchev–Trinajstić information content (AvgIpc) is 2.68. The molecule has 1 saturated carbocycles. The van der Waals surface area contributed by atoms with E-state index in [4.69, 9.17) is 11.6 Å². The second-order valence-electron chi connectivity index (χ2n) is 3.88. The van der Waals surface area contributed by atoms with E-state index < -0.39 is 11.9 Å². The normalized spacial score (nSPS) is 17.6. The van der Waals surface area contributed by atoms with Gasteiger partial charge in [-0.2, -0.15) is 13.2 Å². The van der Waals surface area contributed by atoms with Crippen LogP contribution < -0.4 is 0 Å². The molecule has 17 heavy (non-hydrogen) atoms. The van der Waals surface area contributed by atoms with Gasteiger partial charge in [0.1, 0.15) is 5.03 Å². The first-order chi connectivity index (χ1) is 7.95. The van der Waals surface area contributed by atoms with E-state index in [0.29, 0.717) is 10.3 Å². The van der Waals surface area contributed by atoms with Crippen molar-refractivity contribution in [3.05, 3.63) is 17.0 Å². The van der Waals surface area contributed by atoms with Crippen molar-refractivity contribution in [2.75, 3.05) is 0 Å². The lowest BCUT2D eigenvalue weighted by molar-refractivity contribution is -0.141. The number of halogens is 4. The van der Waals surface area contributed by atoms with Crippen LogP contribution in [0.5, 0.6) is 0 Å². The minimum Gasteiger partial charge on any atom is -0.213 e. The molecule has 1 aliphatic carbocycles. The quantitative estimate of drug-likeness (QED) is 0.601. The second kappa shape index (κ2) is 5.02. The maximum atomic E-state index is 12.5. The monoisotopic (exact) mass is 282 g/mol. The minimum atomic E-state index is -4.47. The van der Waals surface area contributed by atoms with Gasteiger partial charge in [0, 0.05) is 11.3 Å². The van der Waals surface area contributed by atoms with Gasteiger partial charge in [-0.3, -0.25) is 0 Å². The third-order valence-corrected chi connectivity index (χ3v) is 3.98. The number of alkyl halides is 3. The van der Waals surface area contributed by atoms with Crippen LogP contribution in [0.25, 0.3) is 0 Å². The lowest BCUT2D eigenvalue weighted by Gasteiger charge is -2.10. The predicted molar refractivity (Wildman–Crippen MR) is 60.2 cm³/mol. The van der Waals surface area contributed by atoms with Crippen molar-refractivity contribution >= 4 is 23.4 Å². The van der Waals surface area contributed by atoms with Gasteiger partial charge < -0.3 is 0 Å². The van der Waals surface area contributed by atoms with Gasteiger partial charge in [-0.25, -0.2) is 9.97 Å². The molecule has 0 amide bonds. The molecule has 0 aliphatic heterocycles. The highest BCUT2D eigenvalue weighted by Gasteiger charge is 2.34. The van der Waals surface area contributed by atoms with Crippen LogP contribution in [-0.2, 0) is 6.18 Å². The van der Waals surface area contributed by atoms with Crippen LogP contribution >= 0.6 is 23.4 Å². The highest BCUT2D eigenvalue weighted by molar-refractivity contribution is 7.99. The first-order valence-corrected chi connectivity index (χ1v) is 6.49. The Morgan fingerprint density at radius 3 is 2.47 bits per heavy atom. The zero-order valence-electron chi connectivity index (χ0n) is 8.80. The second-order valence-corrected chi connectivity index (χ2v) is 5.54. The third kappa shape index (κ3) is 3.48. The Kier molecular flexibility index (Phi) is 3.82. The molecule has 0 radical (unpaired) electrons. The molecule has 0 aromatic carbocycles. The van der Waals surface area contributed by atoms with Crippen molar-refractivity contribution in [3.8, 4) is 0 Å². The van der Waals surface area contributed by atoms with Gasteiger partial charge in [-0.05, 0) is 24.4 Å². The van der Waals surface area contributed by atoms with Crippen LogP contribution in [-0.4, -0.2) is 15.2 Å². The summed E-state index contributed by atoms with van der Waals surface area (Å²) < 4.78 is 37.5. The number of aromatic nitrogens is 2. The van der Waals surface area contributed by atoms with E-state index in [2.05, 4.69) is 9.97 Å². The Labute approximate surface area is 106 Å². The summed E-state index contributed by atoms with van der Waals surface area (Å²) in [5.74, 6) is 0. The molecule has 0 atom stereocenters. The SMILES string of the molecule is FC(F)(F)c1cc(SC2CCCC2)nc(Cl)n1. The van der Waals surface area contributed by atoms with E-state index >= 15 is 0 Å². The van der Waals surface area contributed by atoms with Crippen LogP contribution in [0.15, 0.2) is 11.1 Å². The van der Waals surface area contributed by atoms with Gasteiger partial charge in [-0.15, -0.1) is 11.8 Å². The highest BCUT2D eigenvalue weighted by Crippen LogP contribution is 2.36. The average molecular weight is 283 g/mol. The van der Waals surface area contributed by atoms with Crippen molar-refractivity contribution < 1.29 is 13.2 Å². The molecule has 1 aromatic heterocycles. The molecule has 7 heteroatoms. The lowest BCUT2D eigenvalue weighted by atomic mass is 10.4. The number of nitrogens with zero attached hydrogens (tertiary/aromatic N) is 2. The van der Waals surface area contributed by atoms with Crippen LogP contribution in [0.3, 0.4) is 0 Å². The summed E-state index contributed by atoms with van der Waals surface area (Å²) in [4.78, 5) is 7.02. The molecule has 1 aromatic rings. The van der Waals surface area contributed by atoms with Crippen LogP contribution in [0.1, 0.15) is 31.4 Å². The fraction of sp³-hybridized carbons (Fsp3) is 0.600. The van der Waals surface area contributed by atoms with Crippen LogP contribution in [0.2, 0.25) is 5.28 Å². The number of hydrogen-bond donors (Lipinski definition) is 0. The minimum absolute atomic E-state index is 0.309. The Balaban J connectivity index is 2.19. The van der Waals surface area contributed by atoms with Crippen LogP contribution in [0, 0.1) is 0 Å². The summed E-state index contributed by atoms with van der Waals surface area (Å²) in [6.07, 6.45) is -0.177. The Hall–Kier alpha value is -0.490. The Morgan fingerprint density at radius 1 is 1.24 bits per heavy atom.